The predicted octanol–water partition coefficient (Wildman–Crippen LogP) is 3.28. The summed E-state index contributed by atoms with van der Waals surface area (Å²) < 4.78 is 38.7. The van der Waals surface area contributed by atoms with Crippen LogP contribution in [0.5, 0.6) is 5.75 Å². The topological polar surface area (TPSA) is 126 Å². The van der Waals surface area contributed by atoms with E-state index in [0.717, 1.165) is 56.4 Å². The highest BCUT2D eigenvalue weighted by Crippen LogP contribution is 2.52. The minimum atomic E-state index is -1.20. The fourth-order valence-electron chi connectivity index (χ4n) is 5.54. The van der Waals surface area contributed by atoms with Crippen LogP contribution in [0, 0.1) is 5.82 Å². The van der Waals surface area contributed by atoms with Crippen LogP contribution in [0.4, 0.5) is 14.6 Å². The molecular weight excluding hydrogens is 548 g/mol. The maximum atomic E-state index is 14.7. The van der Waals surface area contributed by atoms with Crippen LogP contribution in [0.3, 0.4) is 0 Å². The molecule has 0 saturated heterocycles. The van der Waals surface area contributed by atoms with E-state index in [0.29, 0.717) is 25.9 Å². The van der Waals surface area contributed by atoms with Gasteiger partial charge in [0.05, 0.1) is 31.0 Å². The number of alkyl halides is 1. The first kappa shape index (κ1) is 31.6. The Kier molecular flexibility index (Phi) is 11.0. The van der Waals surface area contributed by atoms with E-state index in [-0.39, 0.29) is 24.3 Å². The molecule has 1 amide bonds. The maximum Gasteiger partial charge on any atom is 0.326 e. The van der Waals surface area contributed by atoms with E-state index < -0.39 is 41.9 Å². The molecule has 1 aliphatic heterocycles. The van der Waals surface area contributed by atoms with Crippen molar-refractivity contribution in [3.05, 3.63) is 47.2 Å². The van der Waals surface area contributed by atoms with Crippen molar-refractivity contribution in [2.75, 3.05) is 52.4 Å². The maximum absolute atomic E-state index is 14.7. The molecule has 2 aromatic rings. The third-order valence-electron chi connectivity index (χ3n) is 8.16. The number of methoxy groups -OCH3 is 2. The number of hydrogen-bond acceptors (Lipinski definition) is 8. The molecule has 10 nitrogen and oxygen atoms in total. The molecule has 12 heteroatoms. The highest BCUT2D eigenvalue weighted by Gasteiger charge is 2.55. The van der Waals surface area contributed by atoms with Crippen molar-refractivity contribution in [3.8, 4) is 5.75 Å². The van der Waals surface area contributed by atoms with Gasteiger partial charge in [0.2, 0.25) is 5.91 Å². The normalized spacial score (nSPS) is 16.7. The first-order valence-corrected chi connectivity index (χ1v) is 14.6. The third kappa shape index (κ3) is 7.71. The van der Waals surface area contributed by atoms with Crippen molar-refractivity contribution >= 4 is 17.7 Å². The van der Waals surface area contributed by atoms with Crippen molar-refractivity contribution in [3.63, 3.8) is 0 Å². The summed E-state index contributed by atoms with van der Waals surface area (Å²) >= 11 is 0. The quantitative estimate of drug-likeness (QED) is 0.238. The van der Waals surface area contributed by atoms with Gasteiger partial charge in [-0.25, -0.2) is 18.6 Å². The van der Waals surface area contributed by atoms with Gasteiger partial charge in [-0.1, -0.05) is 6.07 Å². The van der Waals surface area contributed by atoms with E-state index in [1.54, 1.807) is 0 Å². The number of ether oxygens (including phenoxy) is 2. The number of unbranched alkanes of at least 4 members (excludes halogenated alkanes) is 1. The van der Waals surface area contributed by atoms with Crippen LogP contribution < -0.4 is 15.4 Å². The van der Waals surface area contributed by atoms with Crippen LogP contribution in [0.1, 0.15) is 55.3 Å². The molecule has 0 radical (unpaired) electrons. The van der Waals surface area contributed by atoms with Crippen LogP contribution in [0.2, 0.25) is 0 Å². The Bertz CT molecular complexity index is 1220. The first-order chi connectivity index (χ1) is 20.3. The number of carboxylic acid groups (broad SMARTS) is 1. The number of fused-ring (bicyclic) bond motifs is 1. The van der Waals surface area contributed by atoms with E-state index in [1.807, 2.05) is 4.90 Å². The summed E-state index contributed by atoms with van der Waals surface area (Å²) in [4.78, 5) is 35.9. The fourth-order valence-corrected chi connectivity index (χ4v) is 5.54. The molecule has 0 aromatic carbocycles. The Balaban J connectivity index is 1.34. The molecule has 1 saturated carbocycles. The van der Waals surface area contributed by atoms with Crippen molar-refractivity contribution in [2.24, 2.45) is 0 Å². The van der Waals surface area contributed by atoms with Gasteiger partial charge in [-0.05, 0) is 69.5 Å². The van der Waals surface area contributed by atoms with Gasteiger partial charge in [-0.15, -0.1) is 0 Å². The number of aliphatic carboxylic acids is 1. The molecule has 42 heavy (non-hydrogen) atoms. The van der Waals surface area contributed by atoms with E-state index in [4.69, 9.17) is 14.5 Å². The zero-order chi connectivity index (χ0) is 30.1. The lowest BCUT2D eigenvalue weighted by molar-refractivity contribution is -0.142. The van der Waals surface area contributed by atoms with Gasteiger partial charge in [-0.2, -0.15) is 0 Å². The molecule has 2 atom stereocenters. The first-order valence-electron chi connectivity index (χ1n) is 14.6. The van der Waals surface area contributed by atoms with Crippen molar-refractivity contribution < 1.29 is 33.0 Å². The van der Waals surface area contributed by atoms with Gasteiger partial charge in [0.25, 0.3) is 0 Å². The van der Waals surface area contributed by atoms with Crippen LogP contribution in [0.25, 0.3) is 0 Å². The van der Waals surface area contributed by atoms with Gasteiger partial charge in [0.15, 0.2) is 0 Å². The van der Waals surface area contributed by atoms with Crippen LogP contribution >= 0.6 is 0 Å². The zero-order valence-electron chi connectivity index (χ0n) is 24.3. The number of carbonyl (C=O) groups excluding carboxylic acids is 1. The highest BCUT2D eigenvalue weighted by molar-refractivity contribution is 5.94. The van der Waals surface area contributed by atoms with Gasteiger partial charge in [-0.3, -0.25) is 9.78 Å². The zero-order valence-corrected chi connectivity index (χ0v) is 24.3. The second-order valence-corrected chi connectivity index (χ2v) is 11.0. The Morgan fingerprint density at radius 3 is 2.71 bits per heavy atom. The SMILES string of the molecule is COc1cncc(F)c1C1(C(=O)N[C@@H](CCN(CCCCc2ccc3c(n2)NCCC3)C[C@@H](CF)OC)C(=O)O)CC1. The van der Waals surface area contributed by atoms with Gasteiger partial charge < -0.3 is 30.1 Å². The second-order valence-electron chi connectivity index (χ2n) is 11.0. The molecule has 2 aromatic heterocycles. The molecule has 3 heterocycles. The lowest BCUT2D eigenvalue weighted by Crippen LogP contribution is -2.48. The number of carboxylic acids is 1. The van der Waals surface area contributed by atoms with E-state index in [1.165, 1.54) is 26.0 Å². The Hall–Kier alpha value is -3.38. The number of anilines is 1. The Morgan fingerprint density at radius 1 is 1.21 bits per heavy atom. The van der Waals surface area contributed by atoms with E-state index >= 15 is 0 Å². The minimum Gasteiger partial charge on any atom is -0.495 e. The van der Waals surface area contributed by atoms with Crippen molar-refractivity contribution in [1.82, 2.24) is 20.2 Å². The van der Waals surface area contributed by atoms with Crippen molar-refractivity contribution in [1.29, 1.82) is 0 Å². The predicted molar refractivity (Wildman–Crippen MR) is 153 cm³/mol. The average molecular weight is 590 g/mol. The summed E-state index contributed by atoms with van der Waals surface area (Å²) in [6.45, 7) is 1.46. The number of nitrogens with zero attached hydrogens (tertiary/aromatic N) is 3. The van der Waals surface area contributed by atoms with Crippen molar-refractivity contribution in [2.45, 2.75) is 68.9 Å². The number of aromatic nitrogens is 2. The number of pyridine rings is 2. The molecule has 4 rings (SSSR count). The number of rotatable bonds is 17. The second kappa shape index (κ2) is 14.7. The average Bonchev–Trinajstić information content (AvgIpc) is 3.80. The highest BCUT2D eigenvalue weighted by atomic mass is 19.1. The Labute approximate surface area is 245 Å². The molecule has 3 N–H and O–H groups in total. The van der Waals surface area contributed by atoms with Gasteiger partial charge in [0, 0.05) is 38.0 Å². The molecule has 1 aliphatic carbocycles. The monoisotopic (exact) mass is 589 g/mol. The van der Waals surface area contributed by atoms with Crippen LogP contribution in [-0.2, 0) is 32.6 Å². The summed E-state index contributed by atoms with van der Waals surface area (Å²) in [5.41, 5.74) is 1.16. The van der Waals surface area contributed by atoms with E-state index in [2.05, 4.69) is 27.8 Å². The lowest BCUT2D eigenvalue weighted by atomic mass is 9.94. The molecule has 230 valence electrons. The largest absolute Gasteiger partial charge is 0.495 e. The van der Waals surface area contributed by atoms with Gasteiger partial charge >= 0.3 is 5.97 Å². The number of halogens is 2. The van der Waals surface area contributed by atoms with Crippen LogP contribution in [0.15, 0.2) is 24.5 Å². The molecule has 0 unspecified atom stereocenters. The molecule has 0 bridgehead atoms. The van der Waals surface area contributed by atoms with Gasteiger partial charge in [0.1, 0.15) is 30.1 Å². The molecular formula is C30H41F2N5O5. The lowest BCUT2D eigenvalue weighted by Gasteiger charge is -2.28. The molecule has 0 spiro atoms. The minimum absolute atomic E-state index is 0.0912. The molecule has 2 aliphatic rings. The third-order valence-corrected chi connectivity index (χ3v) is 8.16. The Morgan fingerprint density at radius 2 is 2.02 bits per heavy atom. The number of amides is 1. The number of hydrogen-bond donors (Lipinski definition) is 3. The number of nitrogens with one attached hydrogen (secondary N) is 2. The summed E-state index contributed by atoms with van der Waals surface area (Å²) in [6, 6.07) is 2.99. The summed E-state index contributed by atoms with van der Waals surface area (Å²) in [7, 11) is 2.81. The fraction of sp³-hybridized carbons (Fsp3) is 0.600. The van der Waals surface area contributed by atoms with Crippen LogP contribution in [-0.4, -0.2) is 91.1 Å². The number of aryl methyl sites for hydroxylation is 2. The molecule has 1 fully saturated rings. The smallest absolute Gasteiger partial charge is 0.326 e. The summed E-state index contributed by atoms with van der Waals surface area (Å²) in [6.07, 6.45) is 7.14. The standard InChI is InChI=1S/C30H41F2N5O5/c1-41-22(16-31)19-37(14-4-3-7-21-9-8-20-6-5-13-34-27(20)35-21)15-10-24(28(38)39)36-29(40)30(11-12-30)26-23(32)17-33-18-25(26)42-2/h8-9,17-18,22,24H,3-7,10-16,19H2,1-2H3,(H,34,35)(H,36,40)(H,38,39)/t22-,24+/m1/s1. The van der Waals surface area contributed by atoms with E-state index in [9.17, 15) is 23.5 Å². The summed E-state index contributed by atoms with van der Waals surface area (Å²) in [5.74, 6) is -1.30. The number of carbonyl (C=O) groups is 2. The summed E-state index contributed by atoms with van der Waals surface area (Å²) in [5, 5.41) is 15.9.